The first-order valence-electron chi connectivity index (χ1n) is 8.54. The van der Waals surface area contributed by atoms with Crippen LogP contribution in [0.1, 0.15) is 32.1 Å². The molecule has 3 fully saturated rings. The number of nitrogens with one attached hydrogen (secondary N) is 2. The molecule has 0 bridgehead atoms. The Kier molecular flexibility index (Phi) is 6.53. The van der Waals surface area contributed by atoms with E-state index >= 15 is 0 Å². The lowest BCUT2D eigenvalue weighted by Crippen LogP contribution is -2.52. The number of hydrogen-bond acceptors (Lipinski definition) is 3. The van der Waals surface area contributed by atoms with Gasteiger partial charge in [0.2, 0.25) is 5.91 Å². The highest BCUT2D eigenvalue weighted by atomic mass is 127. The molecule has 2 unspecified atom stereocenters. The fourth-order valence-corrected chi connectivity index (χ4v) is 4.21. The van der Waals surface area contributed by atoms with Crippen molar-refractivity contribution in [3.8, 4) is 0 Å². The average molecular weight is 435 g/mol. The van der Waals surface area contributed by atoms with Crippen LogP contribution in [0.2, 0.25) is 0 Å². The Labute approximate surface area is 156 Å². The molecule has 7 heteroatoms. The van der Waals surface area contributed by atoms with E-state index in [9.17, 15) is 4.79 Å². The number of carbonyl (C=O) groups excluding carboxylic acids is 1. The van der Waals surface area contributed by atoms with Gasteiger partial charge in [0.1, 0.15) is 0 Å². The molecule has 1 spiro atoms. The molecule has 1 amide bonds. The zero-order chi connectivity index (χ0) is 15.6. The molecule has 6 nitrogen and oxygen atoms in total. The van der Waals surface area contributed by atoms with Crippen molar-refractivity contribution in [1.82, 2.24) is 20.4 Å². The summed E-state index contributed by atoms with van der Waals surface area (Å²) in [6.45, 7) is 4.96. The van der Waals surface area contributed by atoms with Crippen molar-refractivity contribution in [3.05, 3.63) is 0 Å². The first-order chi connectivity index (χ1) is 10.6. The molecule has 3 aliphatic heterocycles. The summed E-state index contributed by atoms with van der Waals surface area (Å²) in [6.07, 6.45) is 5.51. The molecule has 3 saturated heterocycles. The standard InChI is InChI=1S/C16H29N5O.HI/c1-17-15(18-10-13-5-3-7-20(13)2)21-8-4-6-16(12-21)9-14(22)19-11-16;/h13H,3-12H2,1-2H3,(H,17,18)(H,19,22);1H. The predicted molar refractivity (Wildman–Crippen MR) is 103 cm³/mol. The number of piperidine rings is 1. The van der Waals surface area contributed by atoms with Gasteiger partial charge in [0.15, 0.2) is 5.96 Å². The number of carbonyl (C=O) groups is 1. The van der Waals surface area contributed by atoms with Crippen molar-refractivity contribution in [2.45, 2.75) is 38.1 Å². The zero-order valence-corrected chi connectivity index (χ0v) is 16.6. The monoisotopic (exact) mass is 435 g/mol. The number of likely N-dealkylation sites (tertiary alicyclic amines) is 2. The lowest BCUT2D eigenvalue weighted by Gasteiger charge is -2.41. The summed E-state index contributed by atoms with van der Waals surface area (Å²) in [6, 6.07) is 0.616. The van der Waals surface area contributed by atoms with Gasteiger partial charge in [0.05, 0.1) is 0 Å². The Balaban J connectivity index is 0.00000192. The minimum atomic E-state index is 0. The molecule has 3 rings (SSSR count). The third-order valence-electron chi connectivity index (χ3n) is 5.54. The number of halogens is 1. The molecular weight excluding hydrogens is 405 g/mol. The van der Waals surface area contributed by atoms with Crippen molar-refractivity contribution in [2.24, 2.45) is 10.4 Å². The molecule has 0 radical (unpaired) electrons. The highest BCUT2D eigenvalue weighted by molar-refractivity contribution is 14.0. The number of nitrogens with zero attached hydrogens (tertiary/aromatic N) is 3. The van der Waals surface area contributed by atoms with E-state index in [2.05, 4.69) is 32.5 Å². The van der Waals surface area contributed by atoms with E-state index in [0.29, 0.717) is 12.5 Å². The number of hydrogen-bond donors (Lipinski definition) is 2. The van der Waals surface area contributed by atoms with Gasteiger partial charge >= 0.3 is 0 Å². The lowest BCUT2D eigenvalue weighted by atomic mass is 9.79. The van der Waals surface area contributed by atoms with Gasteiger partial charge in [-0.1, -0.05) is 0 Å². The van der Waals surface area contributed by atoms with E-state index < -0.39 is 0 Å². The quantitative estimate of drug-likeness (QED) is 0.384. The van der Waals surface area contributed by atoms with Crippen molar-refractivity contribution < 1.29 is 4.79 Å². The summed E-state index contributed by atoms with van der Waals surface area (Å²) in [5.74, 6) is 1.20. The maximum atomic E-state index is 11.6. The highest BCUT2D eigenvalue weighted by Crippen LogP contribution is 2.35. The Morgan fingerprint density at radius 1 is 1.43 bits per heavy atom. The van der Waals surface area contributed by atoms with Crippen LogP contribution in [0.4, 0.5) is 0 Å². The van der Waals surface area contributed by atoms with Crippen LogP contribution < -0.4 is 10.6 Å². The van der Waals surface area contributed by atoms with Crippen LogP contribution in [0.3, 0.4) is 0 Å². The third-order valence-corrected chi connectivity index (χ3v) is 5.54. The minimum Gasteiger partial charge on any atom is -0.355 e. The van der Waals surface area contributed by atoms with Crippen molar-refractivity contribution in [1.29, 1.82) is 0 Å². The predicted octanol–water partition coefficient (Wildman–Crippen LogP) is 0.876. The van der Waals surface area contributed by atoms with Gasteiger partial charge in [-0.25, -0.2) is 0 Å². The summed E-state index contributed by atoms with van der Waals surface area (Å²) in [5.41, 5.74) is 0.122. The zero-order valence-electron chi connectivity index (χ0n) is 14.3. The van der Waals surface area contributed by atoms with Crippen LogP contribution in [0.5, 0.6) is 0 Å². The van der Waals surface area contributed by atoms with Crippen LogP contribution in [0.25, 0.3) is 0 Å². The summed E-state index contributed by atoms with van der Waals surface area (Å²) >= 11 is 0. The maximum absolute atomic E-state index is 11.6. The molecule has 3 aliphatic rings. The molecule has 0 aromatic heterocycles. The Hall–Kier alpha value is -0.570. The lowest BCUT2D eigenvalue weighted by molar-refractivity contribution is -0.119. The van der Waals surface area contributed by atoms with Gasteiger partial charge in [-0.3, -0.25) is 9.79 Å². The number of rotatable bonds is 2. The smallest absolute Gasteiger partial charge is 0.220 e. The van der Waals surface area contributed by atoms with Crippen molar-refractivity contribution in [2.75, 3.05) is 46.8 Å². The Morgan fingerprint density at radius 2 is 2.26 bits per heavy atom. The van der Waals surface area contributed by atoms with Gasteiger partial charge in [-0.2, -0.15) is 0 Å². The topological polar surface area (TPSA) is 60.0 Å². The SMILES string of the molecule is CN=C(NCC1CCCN1C)N1CCCC2(CNC(=O)C2)C1.I. The summed E-state index contributed by atoms with van der Waals surface area (Å²) in [4.78, 5) is 20.9. The van der Waals surface area contributed by atoms with Gasteiger partial charge in [-0.15, -0.1) is 24.0 Å². The first-order valence-corrected chi connectivity index (χ1v) is 8.54. The number of guanidine groups is 1. The molecule has 3 heterocycles. The summed E-state index contributed by atoms with van der Waals surface area (Å²) < 4.78 is 0. The minimum absolute atomic E-state index is 0. The molecule has 0 saturated carbocycles. The van der Waals surface area contributed by atoms with Crippen LogP contribution in [0, 0.1) is 5.41 Å². The largest absolute Gasteiger partial charge is 0.355 e. The van der Waals surface area contributed by atoms with Crippen molar-refractivity contribution >= 4 is 35.8 Å². The fourth-order valence-electron chi connectivity index (χ4n) is 4.21. The summed E-state index contributed by atoms with van der Waals surface area (Å²) in [7, 11) is 4.06. The van der Waals surface area contributed by atoms with Gasteiger partial charge in [0, 0.05) is 51.1 Å². The number of amides is 1. The molecule has 0 aromatic carbocycles. The van der Waals surface area contributed by atoms with Crippen LogP contribution in [0.15, 0.2) is 4.99 Å². The second-order valence-electron chi connectivity index (χ2n) is 7.18. The molecule has 0 aromatic rings. The Morgan fingerprint density at radius 3 is 2.87 bits per heavy atom. The van der Waals surface area contributed by atoms with E-state index in [-0.39, 0.29) is 35.3 Å². The second kappa shape index (κ2) is 8.00. The van der Waals surface area contributed by atoms with Crippen LogP contribution in [-0.4, -0.2) is 74.5 Å². The van der Waals surface area contributed by atoms with Gasteiger partial charge < -0.3 is 20.4 Å². The first kappa shape index (κ1) is 18.8. The maximum Gasteiger partial charge on any atom is 0.220 e. The molecule has 2 atom stereocenters. The van der Waals surface area contributed by atoms with E-state index in [1.165, 1.54) is 19.4 Å². The third kappa shape index (κ3) is 4.29. The van der Waals surface area contributed by atoms with E-state index in [0.717, 1.165) is 45.0 Å². The Bertz CT molecular complexity index is 458. The van der Waals surface area contributed by atoms with Crippen molar-refractivity contribution in [3.63, 3.8) is 0 Å². The molecule has 0 aliphatic carbocycles. The number of aliphatic imine (C=N–C) groups is 1. The fraction of sp³-hybridized carbons (Fsp3) is 0.875. The molecule has 2 N–H and O–H groups in total. The van der Waals surface area contributed by atoms with E-state index in [1.807, 2.05) is 7.05 Å². The van der Waals surface area contributed by atoms with E-state index in [4.69, 9.17) is 0 Å². The molecular formula is C16H30IN5O. The normalized spacial score (nSPS) is 32.1. The average Bonchev–Trinajstić information content (AvgIpc) is 3.07. The van der Waals surface area contributed by atoms with Crippen LogP contribution in [-0.2, 0) is 4.79 Å². The van der Waals surface area contributed by atoms with Gasteiger partial charge in [0.25, 0.3) is 0 Å². The molecule has 23 heavy (non-hydrogen) atoms. The van der Waals surface area contributed by atoms with E-state index in [1.54, 1.807) is 0 Å². The second-order valence-corrected chi connectivity index (χ2v) is 7.18. The molecule has 132 valence electrons. The van der Waals surface area contributed by atoms with Crippen LogP contribution >= 0.6 is 24.0 Å². The highest BCUT2D eigenvalue weighted by Gasteiger charge is 2.42. The summed E-state index contributed by atoms with van der Waals surface area (Å²) in [5, 5.41) is 6.57. The number of likely N-dealkylation sites (N-methyl/N-ethyl adjacent to an activating group) is 1. The van der Waals surface area contributed by atoms with Gasteiger partial charge in [-0.05, 0) is 39.3 Å².